The molecule has 5 heteroatoms. The van der Waals surface area contributed by atoms with Crippen LogP contribution >= 0.6 is 11.3 Å². The lowest BCUT2D eigenvalue weighted by molar-refractivity contribution is 0.191. The molecule has 0 atom stereocenters. The van der Waals surface area contributed by atoms with Gasteiger partial charge in [-0.15, -0.1) is 11.3 Å². The highest BCUT2D eigenvalue weighted by Gasteiger charge is 2.23. The molecule has 0 unspecified atom stereocenters. The zero-order valence-electron chi connectivity index (χ0n) is 14.7. The summed E-state index contributed by atoms with van der Waals surface area (Å²) < 4.78 is 20.3. The Morgan fingerprint density at radius 1 is 1.08 bits per heavy atom. The second kappa shape index (κ2) is 8.14. The number of para-hydroxylation sites is 2. The second-order valence-electron chi connectivity index (χ2n) is 6.77. The van der Waals surface area contributed by atoms with Gasteiger partial charge in [-0.1, -0.05) is 24.3 Å². The Bertz CT molecular complexity index is 825. The zero-order chi connectivity index (χ0) is 17.8. The Labute approximate surface area is 157 Å². The number of ether oxygens (including phenoxy) is 1. The van der Waals surface area contributed by atoms with E-state index in [2.05, 4.69) is 29.2 Å². The van der Waals surface area contributed by atoms with Crippen molar-refractivity contribution >= 4 is 21.6 Å². The van der Waals surface area contributed by atoms with E-state index in [1.54, 1.807) is 18.2 Å². The molecule has 1 aliphatic heterocycles. The maximum Gasteiger partial charge on any atom is 0.165 e. The predicted octanol–water partition coefficient (Wildman–Crippen LogP) is 5.08. The van der Waals surface area contributed by atoms with Gasteiger partial charge in [0.2, 0.25) is 0 Å². The Morgan fingerprint density at radius 3 is 2.65 bits per heavy atom. The molecule has 1 fully saturated rings. The van der Waals surface area contributed by atoms with Crippen molar-refractivity contribution in [2.24, 2.45) is 0 Å². The van der Waals surface area contributed by atoms with Crippen LogP contribution in [-0.4, -0.2) is 36.1 Å². The van der Waals surface area contributed by atoms with Crippen LogP contribution in [0.3, 0.4) is 0 Å². The summed E-state index contributed by atoms with van der Waals surface area (Å²) in [6.07, 6.45) is 3.24. The number of hydrogen-bond donors (Lipinski definition) is 0. The number of hydrogen-bond acceptors (Lipinski definition) is 4. The number of piperidine rings is 1. The largest absolute Gasteiger partial charge is 0.490 e. The first-order valence-electron chi connectivity index (χ1n) is 9.25. The van der Waals surface area contributed by atoms with Crippen LogP contribution in [0.25, 0.3) is 10.2 Å². The van der Waals surface area contributed by atoms with Crippen molar-refractivity contribution in [1.82, 2.24) is 9.88 Å². The maximum atomic E-state index is 13.5. The van der Waals surface area contributed by atoms with Crippen LogP contribution in [0.1, 0.15) is 30.2 Å². The molecule has 4 rings (SSSR count). The van der Waals surface area contributed by atoms with Crippen LogP contribution in [-0.2, 0) is 0 Å². The Balaban J connectivity index is 1.22. The molecule has 3 nitrogen and oxygen atoms in total. The Kier molecular flexibility index (Phi) is 5.46. The van der Waals surface area contributed by atoms with Gasteiger partial charge in [0.15, 0.2) is 11.6 Å². The SMILES string of the molecule is Fc1ccccc1OCCCN1CCC(c2nc3ccccc3s2)CC1. The van der Waals surface area contributed by atoms with Crippen LogP contribution in [0.4, 0.5) is 4.39 Å². The van der Waals surface area contributed by atoms with Crippen molar-refractivity contribution in [2.45, 2.75) is 25.2 Å². The summed E-state index contributed by atoms with van der Waals surface area (Å²) in [7, 11) is 0. The summed E-state index contributed by atoms with van der Waals surface area (Å²) in [6.45, 7) is 3.75. The average molecular weight is 370 g/mol. The fraction of sp³-hybridized carbons (Fsp3) is 0.381. The van der Waals surface area contributed by atoms with E-state index in [1.807, 2.05) is 11.3 Å². The first-order valence-corrected chi connectivity index (χ1v) is 10.1. The summed E-state index contributed by atoms with van der Waals surface area (Å²) in [5.74, 6) is 0.643. The zero-order valence-corrected chi connectivity index (χ0v) is 15.6. The number of fused-ring (bicyclic) bond motifs is 1. The monoisotopic (exact) mass is 370 g/mol. The van der Waals surface area contributed by atoms with Gasteiger partial charge < -0.3 is 9.64 Å². The summed E-state index contributed by atoms with van der Waals surface area (Å²) >= 11 is 1.84. The topological polar surface area (TPSA) is 25.4 Å². The van der Waals surface area contributed by atoms with Crippen molar-refractivity contribution in [3.63, 3.8) is 0 Å². The molecular formula is C21H23FN2OS. The van der Waals surface area contributed by atoms with Gasteiger partial charge in [-0.25, -0.2) is 9.37 Å². The third-order valence-corrected chi connectivity index (χ3v) is 6.16. The lowest BCUT2D eigenvalue weighted by Crippen LogP contribution is -2.34. The van der Waals surface area contributed by atoms with E-state index in [1.165, 1.54) is 15.8 Å². The third-order valence-electron chi connectivity index (χ3n) is 4.96. The number of nitrogens with zero attached hydrogens (tertiary/aromatic N) is 2. The molecule has 0 aliphatic carbocycles. The predicted molar refractivity (Wildman–Crippen MR) is 105 cm³/mol. The molecule has 0 bridgehead atoms. The van der Waals surface area contributed by atoms with Crippen molar-refractivity contribution in [2.75, 3.05) is 26.2 Å². The summed E-state index contributed by atoms with van der Waals surface area (Å²) in [5, 5.41) is 1.29. The number of aromatic nitrogens is 1. The minimum Gasteiger partial charge on any atom is -0.490 e. The Morgan fingerprint density at radius 2 is 1.85 bits per heavy atom. The van der Waals surface area contributed by atoms with E-state index >= 15 is 0 Å². The maximum absolute atomic E-state index is 13.5. The molecule has 0 radical (unpaired) electrons. The van der Waals surface area contributed by atoms with E-state index in [0.717, 1.165) is 44.4 Å². The molecule has 0 N–H and O–H groups in total. The van der Waals surface area contributed by atoms with Gasteiger partial charge in [0.05, 0.1) is 21.8 Å². The number of likely N-dealkylation sites (tertiary alicyclic amines) is 1. The van der Waals surface area contributed by atoms with Gasteiger partial charge in [0, 0.05) is 12.5 Å². The van der Waals surface area contributed by atoms with E-state index in [0.29, 0.717) is 18.3 Å². The molecule has 2 heterocycles. The number of halogens is 1. The average Bonchev–Trinajstić information content (AvgIpc) is 3.11. The highest BCUT2D eigenvalue weighted by Crippen LogP contribution is 2.33. The minimum atomic E-state index is -0.288. The molecule has 0 spiro atoms. The highest BCUT2D eigenvalue weighted by molar-refractivity contribution is 7.18. The Hall–Kier alpha value is -1.98. The number of benzene rings is 2. The summed E-state index contributed by atoms with van der Waals surface area (Å²) in [5.41, 5.74) is 1.13. The number of rotatable bonds is 6. The molecular weight excluding hydrogens is 347 g/mol. The van der Waals surface area contributed by atoms with E-state index in [9.17, 15) is 4.39 Å². The van der Waals surface area contributed by atoms with Crippen molar-refractivity contribution in [1.29, 1.82) is 0 Å². The van der Waals surface area contributed by atoms with Crippen LogP contribution in [0.5, 0.6) is 5.75 Å². The molecule has 26 heavy (non-hydrogen) atoms. The van der Waals surface area contributed by atoms with Gasteiger partial charge in [-0.2, -0.15) is 0 Å². The van der Waals surface area contributed by atoms with Gasteiger partial charge in [0.1, 0.15) is 0 Å². The fourth-order valence-electron chi connectivity index (χ4n) is 3.50. The van der Waals surface area contributed by atoms with Crippen LogP contribution in [0.2, 0.25) is 0 Å². The summed E-state index contributed by atoms with van der Waals surface area (Å²) in [6, 6.07) is 15.0. The molecule has 3 aromatic rings. The van der Waals surface area contributed by atoms with E-state index in [4.69, 9.17) is 9.72 Å². The normalized spacial score (nSPS) is 16.2. The van der Waals surface area contributed by atoms with Gasteiger partial charge in [0.25, 0.3) is 0 Å². The lowest BCUT2D eigenvalue weighted by atomic mass is 9.97. The van der Waals surface area contributed by atoms with Gasteiger partial charge in [-0.05, 0) is 56.6 Å². The quantitative estimate of drug-likeness (QED) is 0.566. The van der Waals surface area contributed by atoms with E-state index in [-0.39, 0.29) is 5.82 Å². The van der Waals surface area contributed by atoms with Crippen molar-refractivity contribution in [3.05, 3.63) is 59.4 Å². The van der Waals surface area contributed by atoms with E-state index < -0.39 is 0 Å². The molecule has 1 aliphatic rings. The number of thiazole rings is 1. The fourth-order valence-corrected chi connectivity index (χ4v) is 4.64. The van der Waals surface area contributed by atoms with Crippen molar-refractivity contribution < 1.29 is 9.13 Å². The molecule has 2 aromatic carbocycles. The molecule has 1 saturated heterocycles. The molecule has 136 valence electrons. The van der Waals surface area contributed by atoms with Gasteiger partial charge >= 0.3 is 0 Å². The lowest BCUT2D eigenvalue weighted by Gasteiger charge is -2.30. The first kappa shape index (κ1) is 17.4. The standard InChI is InChI=1S/C21H23FN2OS/c22-17-6-1-3-8-19(17)25-15-5-12-24-13-10-16(11-14-24)21-23-18-7-2-4-9-20(18)26-21/h1-4,6-9,16H,5,10-15H2. The molecule has 0 saturated carbocycles. The van der Waals surface area contributed by atoms with Crippen LogP contribution < -0.4 is 4.74 Å². The first-order chi connectivity index (χ1) is 12.8. The summed E-state index contributed by atoms with van der Waals surface area (Å²) in [4.78, 5) is 7.30. The third kappa shape index (κ3) is 4.05. The van der Waals surface area contributed by atoms with Gasteiger partial charge in [-0.3, -0.25) is 0 Å². The van der Waals surface area contributed by atoms with Crippen LogP contribution in [0, 0.1) is 5.82 Å². The molecule has 0 amide bonds. The highest BCUT2D eigenvalue weighted by atomic mass is 32.1. The molecule has 1 aromatic heterocycles. The second-order valence-corrected chi connectivity index (χ2v) is 7.83. The van der Waals surface area contributed by atoms with Crippen molar-refractivity contribution in [3.8, 4) is 5.75 Å². The van der Waals surface area contributed by atoms with Crippen LogP contribution in [0.15, 0.2) is 48.5 Å². The minimum absolute atomic E-state index is 0.288. The smallest absolute Gasteiger partial charge is 0.165 e.